The van der Waals surface area contributed by atoms with Crippen molar-refractivity contribution in [2.75, 3.05) is 7.11 Å². The lowest BCUT2D eigenvalue weighted by atomic mass is 9.98. The number of hydrogen-bond acceptors (Lipinski definition) is 5. The Hall–Kier alpha value is -3.82. The van der Waals surface area contributed by atoms with Crippen molar-refractivity contribution in [1.29, 1.82) is 5.26 Å². The SMILES string of the molecule is C/C=C\C(OC)=C(/C)c1cc(-c2ccc(C)cc2)c(C#N)c(SC(C(=O)O)c2ccccc2)n1. The molecule has 1 unspecified atom stereocenters. The second-order valence-corrected chi connectivity index (χ2v) is 8.75. The number of nitrogens with zero attached hydrogens (tertiary/aromatic N) is 2. The summed E-state index contributed by atoms with van der Waals surface area (Å²) in [5.41, 5.74) is 5.03. The molecule has 1 atom stereocenters. The predicted molar refractivity (Wildman–Crippen MR) is 136 cm³/mol. The molecule has 0 fully saturated rings. The highest BCUT2D eigenvalue weighted by Gasteiger charge is 2.26. The number of hydrogen-bond donors (Lipinski definition) is 1. The molecule has 0 spiro atoms. The van der Waals surface area contributed by atoms with Gasteiger partial charge in [0.2, 0.25) is 0 Å². The third-order valence-electron chi connectivity index (χ3n) is 5.31. The maximum Gasteiger partial charge on any atom is 0.321 e. The number of nitriles is 1. The van der Waals surface area contributed by atoms with Crippen molar-refractivity contribution >= 4 is 23.3 Å². The van der Waals surface area contributed by atoms with Gasteiger partial charge in [0.15, 0.2) is 0 Å². The summed E-state index contributed by atoms with van der Waals surface area (Å²) < 4.78 is 5.54. The molecule has 0 amide bonds. The van der Waals surface area contributed by atoms with Gasteiger partial charge in [0.05, 0.1) is 18.4 Å². The molecule has 0 saturated heterocycles. The van der Waals surface area contributed by atoms with E-state index in [0.717, 1.165) is 28.5 Å². The smallest absolute Gasteiger partial charge is 0.321 e. The molecule has 0 saturated carbocycles. The Morgan fingerprint density at radius 2 is 1.85 bits per heavy atom. The van der Waals surface area contributed by atoms with E-state index in [4.69, 9.17) is 9.72 Å². The third-order valence-corrected chi connectivity index (χ3v) is 6.54. The average Bonchev–Trinajstić information content (AvgIpc) is 2.85. The van der Waals surface area contributed by atoms with Crippen LogP contribution in [0.1, 0.15) is 41.5 Å². The molecule has 3 rings (SSSR count). The Labute approximate surface area is 204 Å². The zero-order valence-electron chi connectivity index (χ0n) is 19.6. The first-order valence-corrected chi connectivity index (χ1v) is 11.6. The summed E-state index contributed by atoms with van der Waals surface area (Å²) in [5.74, 6) is -0.355. The van der Waals surface area contributed by atoms with Crippen LogP contribution in [-0.2, 0) is 9.53 Å². The van der Waals surface area contributed by atoms with Gasteiger partial charge in [0.25, 0.3) is 0 Å². The van der Waals surface area contributed by atoms with E-state index in [1.165, 1.54) is 0 Å². The summed E-state index contributed by atoms with van der Waals surface area (Å²) in [6.07, 6.45) is 3.72. The van der Waals surface area contributed by atoms with Crippen molar-refractivity contribution in [2.24, 2.45) is 0 Å². The summed E-state index contributed by atoms with van der Waals surface area (Å²) in [5, 5.41) is 19.5. The van der Waals surface area contributed by atoms with Crippen LogP contribution < -0.4 is 0 Å². The summed E-state index contributed by atoms with van der Waals surface area (Å²) in [4.78, 5) is 16.9. The minimum absolute atomic E-state index is 0.345. The zero-order chi connectivity index (χ0) is 24.7. The zero-order valence-corrected chi connectivity index (χ0v) is 20.4. The van der Waals surface area contributed by atoms with Gasteiger partial charge in [-0.15, -0.1) is 0 Å². The van der Waals surface area contributed by atoms with Crippen molar-refractivity contribution in [3.63, 3.8) is 0 Å². The highest BCUT2D eigenvalue weighted by Crippen LogP contribution is 2.40. The second kappa shape index (κ2) is 11.4. The van der Waals surface area contributed by atoms with E-state index in [2.05, 4.69) is 6.07 Å². The predicted octanol–water partition coefficient (Wildman–Crippen LogP) is 6.80. The summed E-state index contributed by atoms with van der Waals surface area (Å²) in [6.45, 7) is 5.79. The van der Waals surface area contributed by atoms with Crippen molar-refractivity contribution in [1.82, 2.24) is 4.98 Å². The van der Waals surface area contributed by atoms with Gasteiger partial charge in [-0.25, -0.2) is 4.98 Å². The molecule has 1 aromatic heterocycles. The summed E-state index contributed by atoms with van der Waals surface area (Å²) in [7, 11) is 1.59. The monoisotopic (exact) mass is 470 g/mol. The average molecular weight is 471 g/mol. The maximum atomic E-state index is 12.2. The Balaban J connectivity index is 2.27. The minimum atomic E-state index is -0.997. The Bertz CT molecular complexity index is 1270. The number of aliphatic carboxylic acids is 1. The van der Waals surface area contributed by atoms with Gasteiger partial charge >= 0.3 is 5.97 Å². The van der Waals surface area contributed by atoms with Crippen LogP contribution >= 0.6 is 11.8 Å². The van der Waals surface area contributed by atoms with Gasteiger partial charge in [0, 0.05) is 11.1 Å². The number of carboxylic acids is 1. The third kappa shape index (κ3) is 5.56. The summed E-state index contributed by atoms with van der Waals surface area (Å²) in [6, 6.07) is 21.0. The number of aromatic nitrogens is 1. The molecule has 0 radical (unpaired) electrons. The van der Waals surface area contributed by atoms with E-state index in [1.807, 2.05) is 69.3 Å². The number of allylic oxidation sites excluding steroid dienone is 3. The fourth-order valence-corrected chi connectivity index (χ4v) is 4.53. The number of benzene rings is 2. The standard InChI is InChI=1S/C28H26N2O3S/c1-5-9-25(33-4)19(3)24-16-22(20-14-12-18(2)13-15-20)23(17-29)27(30-24)34-26(28(31)32)21-10-7-6-8-11-21/h5-16,26H,1-4H3,(H,31,32)/b9-5-,25-19-. The molecular formula is C28H26N2O3S. The molecule has 2 aromatic carbocycles. The fraction of sp³-hybridized carbons (Fsp3) is 0.179. The Kier molecular flexibility index (Phi) is 8.29. The molecule has 1 N–H and O–H groups in total. The molecule has 0 aliphatic carbocycles. The second-order valence-electron chi connectivity index (χ2n) is 7.65. The number of pyridine rings is 1. The van der Waals surface area contributed by atoms with Gasteiger partial charge in [-0.1, -0.05) is 78.0 Å². The molecule has 5 nitrogen and oxygen atoms in total. The van der Waals surface area contributed by atoms with E-state index in [-0.39, 0.29) is 0 Å². The number of methoxy groups -OCH3 is 1. The molecular weight excluding hydrogens is 444 g/mol. The van der Waals surface area contributed by atoms with Crippen LogP contribution in [0, 0.1) is 18.3 Å². The highest BCUT2D eigenvalue weighted by molar-refractivity contribution is 8.00. The molecule has 3 aromatic rings. The van der Waals surface area contributed by atoms with Crippen LogP contribution in [-0.4, -0.2) is 23.2 Å². The molecule has 0 aliphatic rings. The normalized spacial score (nSPS) is 12.7. The van der Waals surface area contributed by atoms with Crippen molar-refractivity contribution in [2.45, 2.75) is 31.0 Å². The first kappa shape index (κ1) is 24.8. The van der Waals surface area contributed by atoms with E-state index in [9.17, 15) is 15.2 Å². The van der Waals surface area contributed by atoms with E-state index in [0.29, 0.717) is 33.2 Å². The number of aryl methyl sites for hydroxylation is 1. The number of ether oxygens (including phenoxy) is 1. The van der Waals surface area contributed by atoms with Crippen LogP contribution in [0.15, 0.2) is 83.6 Å². The number of carboxylic acid groups (broad SMARTS) is 1. The fourth-order valence-electron chi connectivity index (χ4n) is 3.49. The minimum Gasteiger partial charge on any atom is -0.496 e. The largest absolute Gasteiger partial charge is 0.496 e. The van der Waals surface area contributed by atoms with Crippen LogP contribution in [0.3, 0.4) is 0 Å². The van der Waals surface area contributed by atoms with E-state index in [1.54, 1.807) is 31.4 Å². The van der Waals surface area contributed by atoms with Crippen molar-refractivity contribution < 1.29 is 14.6 Å². The lowest BCUT2D eigenvalue weighted by molar-refractivity contribution is -0.136. The maximum absolute atomic E-state index is 12.2. The van der Waals surface area contributed by atoms with Crippen LogP contribution in [0.4, 0.5) is 0 Å². The molecule has 6 heteroatoms. The molecule has 0 bridgehead atoms. The van der Waals surface area contributed by atoms with Crippen molar-refractivity contribution in [3.8, 4) is 17.2 Å². The highest BCUT2D eigenvalue weighted by atomic mass is 32.2. The van der Waals surface area contributed by atoms with E-state index >= 15 is 0 Å². The molecule has 34 heavy (non-hydrogen) atoms. The van der Waals surface area contributed by atoms with Gasteiger partial charge in [0.1, 0.15) is 22.1 Å². The number of thioether (sulfide) groups is 1. The van der Waals surface area contributed by atoms with Crippen molar-refractivity contribution in [3.05, 3.63) is 101 Å². The Morgan fingerprint density at radius 3 is 2.41 bits per heavy atom. The van der Waals surface area contributed by atoms with Crippen LogP contribution in [0.5, 0.6) is 0 Å². The van der Waals surface area contributed by atoms with Gasteiger partial charge in [-0.3, -0.25) is 4.79 Å². The first-order chi connectivity index (χ1) is 16.4. The van der Waals surface area contributed by atoms with Gasteiger partial charge in [-0.2, -0.15) is 5.26 Å². The van der Waals surface area contributed by atoms with Gasteiger partial charge < -0.3 is 9.84 Å². The molecule has 0 aliphatic heterocycles. The first-order valence-electron chi connectivity index (χ1n) is 10.7. The summed E-state index contributed by atoms with van der Waals surface area (Å²) >= 11 is 1.06. The molecule has 172 valence electrons. The topological polar surface area (TPSA) is 83.2 Å². The lowest BCUT2D eigenvalue weighted by Crippen LogP contribution is -2.09. The number of carbonyl (C=O) groups is 1. The lowest BCUT2D eigenvalue weighted by Gasteiger charge is -2.17. The number of rotatable bonds is 8. The van der Waals surface area contributed by atoms with Crippen LogP contribution in [0.25, 0.3) is 16.7 Å². The Morgan fingerprint density at radius 1 is 1.18 bits per heavy atom. The van der Waals surface area contributed by atoms with Gasteiger partial charge in [-0.05, 0) is 44.0 Å². The molecule has 1 heterocycles. The quantitative estimate of drug-likeness (QED) is 0.221. The van der Waals surface area contributed by atoms with E-state index < -0.39 is 11.2 Å². The van der Waals surface area contributed by atoms with Crippen LogP contribution in [0.2, 0.25) is 0 Å².